The summed E-state index contributed by atoms with van der Waals surface area (Å²) in [6.45, 7) is 5.23. The summed E-state index contributed by atoms with van der Waals surface area (Å²) < 4.78 is 5.15. The summed E-state index contributed by atoms with van der Waals surface area (Å²) in [6.07, 6.45) is 0.944. The van der Waals surface area contributed by atoms with Crippen LogP contribution in [0.15, 0.2) is 48.5 Å². The van der Waals surface area contributed by atoms with E-state index in [2.05, 4.69) is 21.2 Å². The molecule has 1 unspecified atom stereocenters. The average Bonchev–Trinajstić information content (AvgIpc) is 2.99. The third-order valence-electron chi connectivity index (χ3n) is 5.18. The highest BCUT2D eigenvalue weighted by molar-refractivity contribution is 5.94. The third-order valence-corrected chi connectivity index (χ3v) is 5.18. The zero-order valence-electron chi connectivity index (χ0n) is 16.4. The molecule has 6 heteroatoms. The second kappa shape index (κ2) is 9.25. The second-order valence-electron chi connectivity index (χ2n) is 6.90. The van der Waals surface area contributed by atoms with Crippen LogP contribution in [0, 0.1) is 11.3 Å². The van der Waals surface area contributed by atoms with Gasteiger partial charge in [-0.1, -0.05) is 12.1 Å². The highest BCUT2D eigenvalue weighted by Gasteiger charge is 2.24. The minimum Gasteiger partial charge on any atom is -0.497 e. The van der Waals surface area contributed by atoms with Gasteiger partial charge in [0.15, 0.2) is 0 Å². The van der Waals surface area contributed by atoms with Crippen molar-refractivity contribution in [1.82, 2.24) is 4.90 Å². The van der Waals surface area contributed by atoms with E-state index >= 15 is 0 Å². The second-order valence-corrected chi connectivity index (χ2v) is 6.90. The summed E-state index contributed by atoms with van der Waals surface area (Å²) in [5.74, 6) is 0.743. The number of anilines is 2. The van der Waals surface area contributed by atoms with Crippen molar-refractivity contribution in [2.45, 2.75) is 19.4 Å². The number of rotatable bonds is 5. The molecule has 1 atom stereocenters. The molecule has 2 aromatic rings. The Bertz CT molecular complexity index is 844. The fourth-order valence-corrected chi connectivity index (χ4v) is 3.50. The third kappa shape index (κ3) is 4.62. The van der Waals surface area contributed by atoms with Crippen LogP contribution in [0.5, 0.6) is 5.75 Å². The SMILES string of the molecule is COc1ccc(NC(=O)C(C)N2CCCN(c3ccccc3C#N)CC2)cc1. The fourth-order valence-electron chi connectivity index (χ4n) is 3.50. The summed E-state index contributed by atoms with van der Waals surface area (Å²) >= 11 is 0. The van der Waals surface area contributed by atoms with E-state index in [1.165, 1.54) is 0 Å². The number of nitrogens with one attached hydrogen (secondary N) is 1. The van der Waals surface area contributed by atoms with Gasteiger partial charge in [-0.25, -0.2) is 0 Å². The Morgan fingerprint density at radius 2 is 1.86 bits per heavy atom. The van der Waals surface area contributed by atoms with Crippen LogP contribution in [0.25, 0.3) is 0 Å². The first-order chi connectivity index (χ1) is 13.6. The number of para-hydroxylation sites is 1. The molecular formula is C22H26N4O2. The van der Waals surface area contributed by atoms with Crippen molar-refractivity contribution in [3.63, 3.8) is 0 Å². The molecular weight excluding hydrogens is 352 g/mol. The van der Waals surface area contributed by atoms with Crippen LogP contribution in [0.1, 0.15) is 18.9 Å². The molecule has 1 amide bonds. The van der Waals surface area contributed by atoms with E-state index in [-0.39, 0.29) is 11.9 Å². The van der Waals surface area contributed by atoms with Crippen molar-refractivity contribution in [2.75, 3.05) is 43.5 Å². The monoisotopic (exact) mass is 378 g/mol. The van der Waals surface area contributed by atoms with E-state index < -0.39 is 0 Å². The molecule has 0 bridgehead atoms. The standard InChI is InChI=1S/C22H26N4O2/c1-17(22(27)24-19-8-10-20(28-2)11-9-19)25-12-5-13-26(15-14-25)21-7-4-3-6-18(21)16-23/h3-4,6-11,17H,5,12-15H2,1-2H3,(H,24,27). The van der Waals surface area contributed by atoms with Crippen molar-refractivity contribution >= 4 is 17.3 Å². The van der Waals surface area contributed by atoms with Gasteiger partial charge in [0, 0.05) is 31.9 Å². The van der Waals surface area contributed by atoms with Crippen LogP contribution in [0.4, 0.5) is 11.4 Å². The lowest BCUT2D eigenvalue weighted by atomic mass is 10.1. The zero-order valence-corrected chi connectivity index (χ0v) is 16.4. The number of amides is 1. The first-order valence-electron chi connectivity index (χ1n) is 9.55. The Hall–Kier alpha value is -3.04. The number of carbonyl (C=O) groups is 1. The van der Waals surface area contributed by atoms with Crippen molar-refractivity contribution in [1.29, 1.82) is 5.26 Å². The molecule has 1 aliphatic heterocycles. The molecule has 6 nitrogen and oxygen atoms in total. The number of ether oxygens (including phenoxy) is 1. The number of hydrogen-bond donors (Lipinski definition) is 1. The molecule has 28 heavy (non-hydrogen) atoms. The van der Waals surface area contributed by atoms with E-state index in [1.54, 1.807) is 7.11 Å². The Morgan fingerprint density at radius 1 is 1.11 bits per heavy atom. The molecule has 1 aliphatic rings. The van der Waals surface area contributed by atoms with Gasteiger partial charge in [0.25, 0.3) is 0 Å². The molecule has 0 saturated carbocycles. The van der Waals surface area contributed by atoms with Crippen LogP contribution >= 0.6 is 0 Å². The van der Waals surface area contributed by atoms with Gasteiger partial charge in [0.2, 0.25) is 5.91 Å². The number of nitriles is 1. The van der Waals surface area contributed by atoms with E-state index in [0.29, 0.717) is 5.56 Å². The van der Waals surface area contributed by atoms with Gasteiger partial charge < -0.3 is 15.0 Å². The maximum absolute atomic E-state index is 12.7. The lowest BCUT2D eigenvalue weighted by Crippen LogP contribution is -2.44. The summed E-state index contributed by atoms with van der Waals surface area (Å²) in [6, 6.07) is 17.1. The Kier molecular flexibility index (Phi) is 6.51. The summed E-state index contributed by atoms with van der Waals surface area (Å²) in [4.78, 5) is 17.1. The lowest BCUT2D eigenvalue weighted by Gasteiger charge is -2.27. The van der Waals surface area contributed by atoms with E-state index in [0.717, 1.165) is 49.7 Å². The molecule has 1 N–H and O–H groups in total. The number of hydrogen-bond acceptors (Lipinski definition) is 5. The highest BCUT2D eigenvalue weighted by atomic mass is 16.5. The minimum absolute atomic E-state index is 0.0176. The quantitative estimate of drug-likeness (QED) is 0.866. The zero-order chi connectivity index (χ0) is 19.9. The van der Waals surface area contributed by atoms with Crippen LogP contribution < -0.4 is 15.0 Å². The van der Waals surface area contributed by atoms with Crippen molar-refractivity contribution in [2.24, 2.45) is 0 Å². The van der Waals surface area contributed by atoms with Crippen molar-refractivity contribution in [3.8, 4) is 11.8 Å². The minimum atomic E-state index is -0.228. The predicted octanol–water partition coefficient (Wildman–Crippen LogP) is 3.11. The lowest BCUT2D eigenvalue weighted by molar-refractivity contribution is -0.120. The summed E-state index contributed by atoms with van der Waals surface area (Å²) in [5, 5.41) is 12.3. The van der Waals surface area contributed by atoms with Gasteiger partial charge in [0.1, 0.15) is 11.8 Å². The molecule has 3 rings (SSSR count). The van der Waals surface area contributed by atoms with Gasteiger partial charge in [0.05, 0.1) is 24.4 Å². The molecule has 0 aliphatic carbocycles. The summed E-state index contributed by atoms with van der Waals surface area (Å²) in [7, 11) is 1.62. The predicted molar refractivity (Wildman–Crippen MR) is 111 cm³/mol. The topological polar surface area (TPSA) is 68.6 Å². The Labute approximate surface area is 166 Å². The van der Waals surface area contributed by atoms with E-state index in [4.69, 9.17) is 4.74 Å². The maximum atomic E-state index is 12.7. The highest BCUT2D eigenvalue weighted by Crippen LogP contribution is 2.22. The largest absolute Gasteiger partial charge is 0.497 e. The Balaban J connectivity index is 1.61. The maximum Gasteiger partial charge on any atom is 0.241 e. The van der Waals surface area contributed by atoms with Crippen LogP contribution in [-0.4, -0.2) is 50.1 Å². The van der Waals surface area contributed by atoms with Crippen LogP contribution in [-0.2, 0) is 4.79 Å². The number of benzene rings is 2. The molecule has 0 spiro atoms. The molecule has 0 aromatic heterocycles. The molecule has 1 heterocycles. The molecule has 146 valence electrons. The number of nitrogens with zero attached hydrogens (tertiary/aromatic N) is 3. The van der Waals surface area contributed by atoms with Crippen LogP contribution in [0.3, 0.4) is 0 Å². The van der Waals surface area contributed by atoms with E-state index in [9.17, 15) is 10.1 Å². The fraction of sp³-hybridized carbons (Fsp3) is 0.364. The Morgan fingerprint density at radius 3 is 2.57 bits per heavy atom. The van der Waals surface area contributed by atoms with Gasteiger partial charge in [-0.3, -0.25) is 9.69 Å². The smallest absolute Gasteiger partial charge is 0.241 e. The summed E-state index contributed by atoms with van der Waals surface area (Å²) in [5.41, 5.74) is 2.43. The van der Waals surface area contributed by atoms with Crippen molar-refractivity contribution < 1.29 is 9.53 Å². The van der Waals surface area contributed by atoms with Gasteiger partial charge in [-0.05, 0) is 49.7 Å². The van der Waals surface area contributed by atoms with E-state index in [1.807, 2.05) is 55.5 Å². The first-order valence-corrected chi connectivity index (χ1v) is 9.55. The molecule has 2 aromatic carbocycles. The molecule has 1 saturated heterocycles. The average molecular weight is 378 g/mol. The first kappa shape index (κ1) is 19.7. The number of methoxy groups -OCH3 is 1. The molecule has 0 radical (unpaired) electrons. The van der Waals surface area contributed by atoms with Crippen LogP contribution in [0.2, 0.25) is 0 Å². The van der Waals surface area contributed by atoms with Gasteiger partial charge in [-0.2, -0.15) is 5.26 Å². The normalized spacial score (nSPS) is 16.0. The van der Waals surface area contributed by atoms with Crippen molar-refractivity contribution in [3.05, 3.63) is 54.1 Å². The molecule has 1 fully saturated rings. The number of carbonyl (C=O) groups excluding carboxylic acids is 1. The van der Waals surface area contributed by atoms with Gasteiger partial charge in [-0.15, -0.1) is 0 Å². The van der Waals surface area contributed by atoms with Gasteiger partial charge >= 0.3 is 0 Å².